The van der Waals surface area contributed by atoms with Gasteiger partial charge in [-0.25, -0.2) is 0 Å². The molecule has 0 N–H and O–H groups in total. The van der Waals surface area contributed by atoms with E-state index in [1.54, 1.807) is 0 Å². The fourth-order valence-electron chi connectivity index (χ4n) is 13.8. The number of hydrogen-bond donors (Lipinski definition) is 0. The molecule has 3 aliphatic carbocycles. The Bertz CT molecular complexity index is 4200. The molecule has 0 saturated heterocycles. The van der Waals surface area contributed by atoms with E-state index in [0.717, 1.165) is 55.7 Å². The molecule has 1 spiro atoms. The summed E-state index contributed by atoms with van der Waals surface area (Å²) in [6, 6.07) is 67.3. The van der Waals surface area contributed by atoms with Gasteiger partial charge in [-0.2, -0.15) is 10.5 Å². The van der Waals surface area contributed by atoms with Crippen molar-refractivity contribution >= 4 is 86.7 Å². The summed E-state index contributed by atoms with van der Waals surface area (Å²) in [7, 11) is 0. The summed E-state index contributed by atoms with van der Waals surface area (Å²) in [6.45, 7) is 0. The van der Waals surface area contributed by atoms with Gasteiger partial charge in [0.2, 0.25) is 0 Å². The molecule has 63 heavy (non-hydrogen) atoms. The molecular formula is C59H30N4. The first-order chi connectivity index (χ1) is 31.2. The molecule has 0 amide bonds. The minimum Gasteiger partial charge on any atom is -0.308 e. The van der Waals surface area contributed by atoms with E-state index in [4.69, 9.17) is 0 Å². The first-order valence-electron chi connectivity index (χ1n) is 21.8. The van der Waals surface area contributed by atoms with Gasteiger partial charge >= 0.3 is 0 Å². The van der Waals surface area contributed by atoms with Gasteiger partial charge in [-0.3, -0.25) is 0 Å². The van der Waals surface area contributed by atoms with Crippen molar-refractivity contribution in [2.75, 3.05) is 0 Å². The first kappa shape index (κ1) is 32.3. The smallest absolute Gasteiger partial charge is 0.102 e. The van der Waals surface area contributed by atoms with Crippen LogP contribution in [0.3, 0.4) is 0 Å². The summed E-state index contributed by atoms with van der Waals surface area (Å²) in [5.41, 5.74) is 14.5. The zero-order chi connectivity index (χ0) is 41.0. The maximum atomic E-state index is 11.5. The van der Waals surface area contributed by atoms with Crippen LogP contribution in [-0.2, 0) is 5.41 Å². The number of nitrogens with zero attached hydrogens (tertiary/aromatic N) is 4. The summed E-state index contributed by atoms with van der Waals surface area (Å²) in [4.78, 5) is 0. The van der Waals surface area contributed by atoms with Crippen LogP contribution in [0.2, 0.25) is 0 Å². The Hall–Kier alpha value is -8.44. The number of rotatable bonds is 2. The minimum absolute atomic E-state index is 0.00156. The van der Waals surface area contributed by atoms with Gasteiger partial charge in [-0.1, -0.05) is 133 Å². The second-order valence-electron chi connectivity index (χ2n) is 18.0. The van der Waals surface area contributed by atoms with Crippen molar-refractivity contribution < 1.29 is 0 Å². The van der Waals surface area contributed by atoms with E-state index in [-0.39, 0.29) is 17.3 Å². The Balaban J connectivity index is 0.977. The van der Waals surface area contributed by atoms with Crippen molar-refractivity contribution in [1.29, 1.82) is 10.5 Å². The molecule has 0 fully saturated rings. The zero-order valence-electron chi connectivity index (χ0n) is 33.6. The monoisotopic (exact) mass is 794 g/mol. The van der Waals surface area contributed by atoms with Crippen molar-refractivity contribution in [3.05, 3.63) is 214 Å². The van der Waals surface area contributed by atoms with Crippen LogP contribution >= 0.6 is 0 Å². The Kier molecular flexibility index (Phi) is 5.50. The average molecular weight is 795 g/mol. The highest BCUT2D eigenvalue weighted by Gasteiger charge is 2.70. The van der Waals surface area contributed by atoms with Crippen molar-refractivity contribution in [2.24, 2.45) is 0 Å². The molecule has 3 atom stereocenters. The molecule has 11 aromatic carbocycles. The fourth-order valence-corrected chi connectivity index (χ4v) is 13.8. The van der Waals surface area contributed by atoms with E-state index in [1.165, 1.54) is 81.3 Å². The third kappa shape index (κ3) is 3.34. The van der Waals surface area contributed by atoms with E-state index in [2.05, 4.69) is 191 Å². The lowest BCUT2D eigenvalue weighted by Gasteiger charge is -2.59. The molecule has 0 saturated carbocycles. The Morgan fingerprint density at radius 3 is 1.22 bits per heavy atom. The molecule has 0 radical (unpaired) electrons. The van der Waals surface area contributed by atoms with Crippen LogP contribution in [0.25, 0.3) is 98.1 Å². The van der Waals surface area contributed by atoms with Gasteiger partial charge in [0.1, 0.15) is 12.1 Å². The average Bonchev–Trinajstić information content (AvgIpc) is 3.92. The number of fused-ring (bicyclic) bond motifs is 13. The van der Waals surface area contributed by atoms with Gasteiger partial charge < -0.3 is 9.13 Å². The third-order valence-electron chi connectivity index (χ3n) is 15.8. The number of benzene rings is 11. The second-order valence-corrected chi connectivity index (χ2v) is 18.0. The van der Waals surface area contributed by atoms with Gasteiger partial charge in [-0.05, 0) is 113 Å². The highest BCUT2D eigenvalue weighted by molar-refractivity contribution is 6.35. The quantitative estimate of drug-likeness (QED) is 0.164. The molecular weight excluding hydrogens is 765 g/mol. The van der Waals surface area contributed by atoms with Crippen LogP contribution in [0.4, 0.5) is 0 Å². The van der Waals surface area contributed by atoms with Gasteiger partial charge in [0, 0.05) is 38.8 Å². The van der Waals surface area contributed by atoms with Gasteiger partial charge in [0.05, 0.1) is 44.6 Å². The predicted molar refractivity (Wildman–Crippen MR) is 254 cm³/mol. The van der Waals surface area contributed by atoms with Crippen LogP contribution in [0.5, 0.6) is 0 Å². The molecule has 2 heterocycles. The van der Waals surface area contributed by atoms with Crippen LogP contribution in [0, 0.1) is 22.7 Å². The van der Waals surface area contributed by atoms with Crippen LogP contribution in [-0.4, -0.2) is 9.13 Å². The van der Waals surface area contributed by atoms with Crippen LogP contribution in [0.15, 0.2) is 170 Å². The molecule has 3 unspecified atom stereocenters. The molecule has 2 aromatic heterocycles. The van der Waals surface area contributed by atoms with Gasteiger partial charge in [0.25, 0.3) is 0 Å². The second kappa shape index (κ2) is 10.7. The Labute approximate surface area is 360 Å². The summed E-state index contributed by atoms with van der Waals surface area (Å²) in [5.74, 6) is -0.0662. The van der Waals surface area contributed by atoms with Crippen LogP contribution < -0.4 is 0 Å². The lowest BCUT2D eigenvalue weighted by Crippen LogP contribution is -2.53. The summed E-state index contributed by atoms with van der Waals surface area (Å²) in [6.07, 6.45) is 0. The van der Waals surface area contributed by atoms with Crippen molar-refractivity contribution in [1.82, 2.24) is 9.13 Å². The molecule has 3 aliphatic rings. The van der Waals surface area contributed by atoms with E-state index in [1.807, 2.05) is 0 Å². The maximum absolute atomic E-state index is 11.5. The van der Waals surface area contributed by atoms with Gasteiger partial charge in [-0.15, -0.1) is 0 Å². The first-order valence-corrected chi connectivity index (χ1v) is 21.8. The number of aromatic nitrogens is 2. The minimum atomic E-state index is -0.347. The van der Waals surface area contributed by atoms with Crippen LogP contribution in [0.1, 0.15) is 56.3 Å². The Morgan fingerprint density at radius 2 is 0.746 bits per heavy atom. The fraction of sp³-hybridized carbons (Fsp3) is 0.0508. The third-order valence-corrected chi connectivity index (χ3v) is 15.8. The lowest BCUT2D eigenvalue weighted by molar-refractivity contribution is 0.332. The number of nitriles is 2. The normalized spacial score (nSPS) is 18.2. The topological polar surface area (TPSA) is 57.4 Å². The largest absolute Gasteiger partial charge is 0.308 e. The number of hydrogen-bond acceptors (Lipinski definition) is 2. The van der Waals surface area contributed by atoms with E-state index < -0.39 is 0 Å². The molecule has 4 nitrogen and oxygen atoms in total. The maximum Gasteiger partial charge on any atom is 0.102 e. The van der Waals surface area contributed by atoms with E-state index in [9.17, 15) is 10.5 Å². The molecule has 286 valence electrons. The molecule has 0 aliphatic heterocycles. The SMILES string of the molecule is N#Cc1c(-n2c3cccc4c5ccccc5c5cccc2c5c43)ccc2c1C1c3ccccc3C13c1ccc(-n4c5cccc6c7ccccc7c7cccc4c7c65)c(C#N)c1C23. The van der Waals surface area contributed by atoms with Gasteiger partial charge in [0.15, 0.2) is 0 Å². The highest BCUT2D eigenvalue weighted by Crippen LogP contribution is 2.78. The molecule has 4 heteroatoms. The van der Waals surface area contributed by atoms with Crippen molar-refractivity contribution in [3.63, 3.8) is 0 Å². The van der Waals surface area contributed by atoms with Crippen molar-refractivity contribution in [3.8, 4) is 23.5 Å². The zero-order valence-corrected chi connectivity index (χ0v) is 33.6. The summed E-state index contributed by atoms with van der Waals surface area (Å²) in [5, 5.41) is 37.8. The molecule has 16 rings (SSSR count). The van der Waals surface area contributed by atoms with Crippen molar-refractivity contribution in [2.45, 2.75) is 17.3 Å². The van der Waals surface area contributed by atoms with E-state index >= 15 is 0 Å². The predicted octanol–water partition coefficient (Wildman–Crippen LogP) is 14.0. The lowest BCUT2D eigenvalue weighted by atomic mass is 9.42. The Morgan fingerprint density at radius 1 is 0.349 bits per heavy atom. The highest BCUT2D eigenvalue weighted by atomic mass is 15.0. The summed E-state index contributed by atoms with van der Waals surface area (Å²) >= 11 is 0. The molecule has 13 aromatic rings. The molecule has 0 bridgehead atoms. The standard InChI is InChI=1S/C59H30N4/c60-29-41-45(62-47-21-7-16-35-31-11-1-2-12-32(31)36-17-8-22-48(62)54(36)53(35)47)27-25-40-51(41)57-39-15-5-6-20-43(39)59(57)44-26-28-46(42(30-61)52(44)58(40)59)63-49-23-9-18-37-33-13-3-4-14-34(33)38-19-10-24-50(63)56(38)55(37)49/h1-28,57-58H. The summed E-state index contributed by atoms with van der Waals surface area (Å²) < 4.78 is 4.69. The van der Waals surface area contributed by atoms with E-state index in [0.29, 0.717) is 5.56 Å².